The minimum atomic E-state index is -1.55. The summed E-state index contributed by atoms with van der Waals surface area (Å²) in [5.41, 5.74) is -0.0865. The molecule has 0 amide bonds. The molecule has 4 atom stereocenters. The van der Waals surface area contributed by atoms with Gasteiger partial charge in [-0.1, -0.05) is 12.2 Å². The van der Waals surface area contributed by atoms with Crippen LogP contribution in [-0.2, 0) is 4.74 Å². The van der Waals surface area contributed by atoms with Crippen molar-refractivity contribution in [1.82, 2.24) is 9.97 Å². The number of aromatic amines is 1. The molecular weight excluding hydrogens is 284 g/mol. The Morgan fingerprint density at radius 1 is 1.55 bits per heavy atom. The fourth-order valence-corrected chi connectivity index (χ4v) is 2.74. The van der Waals surface area contributed by atoms with E-state index in [1.54, 1.807) is 0 Å². The summed E-state index contributed by atoms with van der Waals surface area (Å²) in [7, 11) is 0. The normalized spacial score (nSPS) is 33.9. The molecular formula is C12H14N2O5S. The number of fused-ring (bicyclic) bond motifs is 1. The summed E-state index contributed by atoms with van der Waals surface area (Å²) < 4.78 is 11.2. The Hall–Kier alpha value is -1.32. The zero-order chi connectivity index (χ0) is 14.5. The van der Waals surface area contributed by atoms with E-state index in [4.69, 9.17) is 21.4 Å². The van der Waals surface area contributed by atoms with Gasteiger partial charge in [0.15, 0.2) is 10.2 Å². The summed E-state index contributed by atoms with van der Waals surface area (Å²) in [5.74, 6) is 0. The fraction of sp³-hybridized carbons (Fsp3) is 0.500. The van der Waals surface area contributed by atoms with Crippen LogP contribution in [0.2, 0.25) is 0 Å². The maximum atomic E-state index is 10.4. The predicted octanol–water partition coefficient (Wildman–Crippen LogP) is 0.429. The van der Waals surface area contributed by atoms with Crippen LogP contribution >= 0.6 is 12.2 Å². The minimum Gasteiger partial charge on any atom is -0.459 e. The molecule has 1 fully saturated rings. The fourth-order valence-electron chi connectivity index (χ4n) is 2.53. The van der Waals surface area contributed by atoms with Gasteiger partial charge in [-0.3, -0.25) is 0 Å². The summed E-state index contributed by atoms with van der Waals surface area (Å²) >= 11 is 5.05. The van der Waals surface area contributed by atoms with Crippen LogP contribution in [0.5, 0.6) is 0 Å². The number of rotatable bonds is 2. The number of aliphatic hydroxyl groups excluding tert-OH is 2. The molecule has 0 unspecified atom stereocenters. The van der Waals surface area contributed by atoms with Crippen LogP contribution in [0, 0.1) is 4.64 Å². The van der Waals surface area contributed by atoms with Crippen molar-refractivity contribution >= 4 is 23.3 Å². The maximum Gasteiger partial charge on any atom is 0.187 e. The van der Waals surface area contributed by atoms with Gasteiger partial charge in [0.1, 0.15) is 23.9 Å². The molecule has 8 heteroatoms. The lowest BCUT2D eigenvalue weighted by molar-refractivity contribution is -0.0643. The molecule has 1 saturated heterocycles. The van der Waals surface area contributed by atoms with Crippen LogP contribution in [-0.4, -0.2) is 49.7 Å². The van der Waals surface area contributed by atoms with E-state index in [1.165, 1.54) is 19.5 Å². The van der Waals surface area contributed by atoms with Gasteiger partial charge in [-0.15, -0.1) is 0 Å². The number of nitrogens with one attached hydrogen (secondary N) is 1. The van der Waals surface area contributed by atoms with E-state index in [0.29, 0.717) is 21.3 Å². The zero-order valence-corrected chi connectivity index (χ0v) is 11.4. The Labute approximate surface area is 118 Å². The van der Waals surface area contributed by atoms with Crippen molar-refractivity contribution in [3.8, 4) is 0 Å². The molecule has 1 aliphatic heterocycles. The number of aliphatic hydroxyl groups is 3. The topological polar surface area (TPSA) is 112 Å². The number of aromatic nitrogens is 2. The van der Waals surface area contributed by atoms with Crippen molar-refractivity contribution in [1.29, 1.82) is 0 Å². The maximum absolute atomic E-state index is 10.4. The van der Waals surface area contributed by atoms with Gasteiger partial charge in [-0.25, -0.2) is 4.98 Å². The molecule has 20 heavy (non-hydrogen) atoms. The number of hydrogen-bond acceptors (Lipinski definition) is 7. The quantitative estimate of drug-likeness (QED) is 0.595. The highest BCUT2D eigenvalue weighted by atomic mass is 32.1. The second-order valence-corrected chi connectivity index (χ2v) is 5.40. The predicted molar refractivity (Wildman–Crippen MR) is 70.5 cm³/mol. The van der Waals surface area contributed by atoms with Gasteiger partial charge in [0, 0.05) is 5.56 Å². The van der Waals surface area contributed by atoms with Gasteiger partial charge in [-0.2, -0.15) is 0 Å². The van der Waals surface area contributed by atoms with Gasteiger partial charge in [0.05, 0.1) is 24.7 Å². The molecule has 0 radical (unpaired) electrons. The van der Waals surface area contributed by atoms with Gasteiger partial charge < -0.3 is 29.5 Å². The molecule has 1 aliphatic rings. The molecule has 2 aromatic heterocycles. The second-order valence-electron chi connectivity index (χ2n) is 5.01. The van der Waals surface area contributed by atoms with Gasteiger partial charge in [0.2, 0.25) is 0 Å². The number of furan rings is 1. The SMILES string of the molecule is C[C@@]1(O)[C@H](O)[C@@H](CO)O[C@H]1c1coc2c(=S)nc[nH]c12. The van der Waals surface area contributed by atoms with Crippen LogP contribution < -0.4 is 0 Å². The van der Waals surface area contributed by atoms with Crippen molar-refractivity contribution in [2.45, 2.75) is 30.8 Å². The average molecular weight is 298 g/mol. The molecule has 0 saturated carbocycles. The Balaban J connectivity index is 2.12. The molecule has 0 bridgehead atoms. The third-order valence-corrected chi connectivity index (χ3v) is 3.95. The molecule has 3 rings (SSSR count). The van der Waals surface area contributed by atoms with Gasteiger partial charge >= 0.3 is 0 Å². The van der Waals surface area contributed by atoms with Crippen molar-refractivity contribution < 1.29 is 24.5 Å². The van der Waals surface area contributed by atoms with Gasteiger partial charge in [-0.05, 0) is 6.92 Å². The number of hydrogen-bond donors (Lipinski definition) is 4. The third kappa shape index (κ3) is 1.80. The van der Waals surface area contributed by atoms with E-state index in [-0.39, 0.29) is 6.61 Å². The van der Waals surface area contributed by atoms with Crippen molar-refractivity contribution in [3.63, 3.8) is 0 Å². The summed E-state index contributed by atoms with van der Waals surface area (Å²) in [6.07, 6.45) is -0.0710. The largest absolute Gasteiger partial charge is 0.459 e. The Morgan fingerprint density at radius 3 is 2.95 bits per heavy atom. The molecule has 0 aliphatic carbocycles. The lowest BCUT2D eigenvalue weighted by Crippen LogP contribution is -2.42. The first kappa shape index (κ1) is 13.7. The van der Waals surface area contributed by atoms with Gasteiger partial charge in [0.25, 0.3) is 0 Å². The Bertz CT molecular complexity index is 694. The molecule has 3 heterocycles. The highest BCUT2D eigenvalue weighted by molar-refractivity contribution is 7.71. The second kappa shape index (κ2) is 4.61. The minimum absolute atomic E-state index is 0.293. The Kier molecular flexibility index (Phi) is 3.14. The summed E-state index contributed by atoms with van der Waals surface area (Å²) in [4.78, 5) is 6.80. The standard InChI is InChI=1S/C12H14N2O5S/c1-12(17)9(16)6(2-15)19-10(12)5-3-18-8-7(5)13-4-14-11(8)20/h3-4,6,9-10,15-17H,2H2,1H3,(H,13,14,20)/t6-,9-,10+,12-/m1/s1. The first-order chi connectivity index (χ1) is 9.46. The molecule has 4 N–H and O–H groups in total. The summed E-state index contributed by atoms with van der Waals surface area (Å²) in [6.45, 7) is 1.06. The highest BCUT2D eigenvalue weighted by Crippen LogP contribution is 2.43. The molecule has 0 spiro atoms. The van der Waals surface area contributed by atoms with Crippen molar-refractivity contribution in [3.05, 3.63) is 22.8 Å². The zero-order valence-electron chi connectivity index (χ0n) is 10.6. The van der Waals surface area contributed by atoms with Crippen LogP contribution in [0.4, 0.5) is 0 Å². The molecule has 7 nitrogen and oxygen atoms in total. The van der Waals surface area contributed by atoms with Crippen molar-refractivity contribution in [2.24, 2.45) is 0 Å². The number of nitrogens with zero attached hydrogens (tertiary/aromatic N) is 1. The lowest BCUT2D eigenvalue weighted by Gasteiger charge is -2.25. The van der Waals surface area contributed by atoms with Crippen LogP contribution in [0.15, 0.2) is 17.0 Å². The van der Waals surface area contributed by atoms with Crippen molar-refractivity contribution in [2.75, 3.05) is 6.61 Å². The molecule has 108 valence electrons. The monoisotopic (exact) mass is 298 g/mol. The van der Waals surface area contributed by atoms with E-state index in [1.807, 2.05) is 0 Å². The lowest BCUT2D eigenvalue weighted by atomic mass is 9.89. The molecule has 2 aromatic rings. The van der Waals surface area contributed by atoms with E-state index in [2.05, 4.69) is 9.97 Å². The molecule has 0 aromatic carbocycles. The summed E-state index contributed by atoms with van der Waals surface area (Å²) in [6, 6.07) is 0. The smallest absolute Gasteiger partial charge is 0.187 e. The first-order valence-corrected chi connectivity index (χ1v) is 6.49. The number of H-pyrrole nitrogens is 1. The van der Waals surface area contributed by atoms with E-state index >= 15 is 0 Å². The summed E-state index contributed by atoms with van der Waals surface area (Å²) in [5, 5.41) is 29.6. The van der Waals surface area contributed by atoms with E-state index in [9.17, 15) is 15.3 Å². The number of ether oxygens (including phenoxy) is 1. The average Bonchev–Trinajstić information content (AvgIpc) is 2.92. The third-order valence-electron chi connectivity index (χ3n) is 3.66. The van der Waals surface area contributed by atoms with Crippen LogP contribution in [0.1, 0.15) is 18.6 Å². The van der Waals surface area contributed by atoms with Crippen LogP contribution in [0.3, 0.4) is 0 Å². The van der Waals surface area contributed by atoms with Crippen LogP contribution in [0.25, 0.3) is 11.1 Å². The first-order valence-electron chi connectivity index (χ1n) is 6.08. The highest BCUT2D eigenvalue weighted by Gasteiger charge is 2.53. The van der Waals surface area contributed by atoms with E-state index in [0.717, 1.165) is 0 Å². The Morgan fingerprint density at radius 2 is 2.30 bits per heavy atom. The van der Waals surface area contributed by atoms with E-state index < -0.39 is 23.9 Å².